The zero-order valence-corrected chi connectivity index (χ0v) is 12.9. The van der Waals surface area contributed by atoms with Crippen molar-refractivity contribution < 1.29 is 18.8 Å². The number of fused-ring (bicyclic) bond motifs is 3. The summed E-state index contributed by atoms with van der Waals surface area (Å²) in [7, 11) is -1.10. The van der Waals surface area contributed by atoms with Gasteiger partial charge >= 0.3 is 0 Å². The Morgan fingerprint density at radius 2 is 1.68 bits per heavy atom. The molecule has 1 atom stereocenters. The molecule has 114 valence electrons. The summed E-state index contributed by atoms with van der Waals surface area (Å²) in [6.45, 7) is 2.31. The van der Waals surface area contributed by atoms with E-state index in [9.17, 15) is 0 Å². The van der Waals surface area contributed by atoms with E-state index < -0.39 is 8.38 Å². The van der Waals surface area contributed by atoms with Gasteiger partial charge in [0.1, 0.15) is 19.2 Å². The maximum absolute atomic E-state index is 6.08. The van der Waals surface area contributed by atoms with Gasteiger partial charge in [0.25, 0.3) is 8.38 Å². The molecule has 0 bridgehead atoms. The van der Waals surface area contributed by atoms with Crippen LogP contribution in [-0.4, -0.2) is 31.5 Å². The molecule has 2 heterocycles. The Morgan fingerprint density at radius 3 is 2.55 bits per heavy atom. The summed E-state index contributed by atoms with van der Waals surface area (Å²) in [5, 5.41) is 1.13. The fourth-order valence-electron chi connectivity index (χ4n) is 2.51. The predicted molar refractivity (Wildman–Crippen MR) is 83.6 cm³/mol. The van der Waals surface area contributed by atoms with Crippen LogP contribution in [0.25, 0.3) is 11.1 Å². The van der Waals surface area contributed by atoms with Gasteiger partial charge in [0.2, 0.25) is 0 Å². The van der Waals surface area contributed by atoms with Crippen molar-refractivity contribution in [2.24, 2.45) is 0 Å². The predicted octanol–water partition coefficient (Wildman–Crippen LogP) is 2.88. The highest BCUT2D eigenvalue weighted by Crippen LogP contribution is 2.49. The Kier molecular flexibility index (Phi) is 4.06. The zero-order chi connectivity index (χ0) is 14.8. The third-order valence-corrected chi connectivity index (χ3v) is 5.19. The fraction of sp³-hybridized carbons (Fsp3) is 0.250. The lowest BCUT2D eigenvalue weighted by Crippen LogP contribution is -2.25. The molecule has 0 amide bonds. The molecule has 2 aliphatic rings. The van der Waals surface area contributed by atoms with E-state index in [-0.39, 0.29) is 0 Å². The van der Waals surface area contributed by atoms with Crippen LogP contribution >= 0.6 is 8.38 Å². The van der Waals surface area contributed by atoms with Crippen LogP contribution in [-0.2, 0) is 14.3 Å². The summed E-state index contributed by atoms with van der Waals surface area (Å²) in [4.78, 5) is 11.7. The normalized spacial score (nSPS) is 20.3. The maximum Gasteiger partial charge on any atom is 0.265 e. The summed E-state index contributed by atoms with van der Waals surface area (Å²) in [6, 6.07) is 16.4. The van der Waals surface area contributed by atoms with Crippen LogP contribution in [0.15, 0.2) is 48.5 Å². The van der Waals surface area contributed by atoms with Gasteiger partial charge < -0.3 is 9.05 Å². The number of nitrogens with zero attached hydrogens (tertiary/aromatic N) is 1. The van der Waals surface area contributed by atoms with Gasteiger partial charge in [-0.25, -0.2) is 14.7 Å². The second-order valence-corrected chi connectivity index (χ2v) is 6.52. The zero-order valence-electron chi connectivity index (χ0n) is 12.0. The smallest absolute Gasteiger partial charge is 0.265 e. The molecule has 1 unspecified atom stereocenters. The van der Waals surface area contributed by atoms with Crippen LogP contribution in [0.4, 0.5) is 0 Å². The largest absolute Gasteiger partial charge is 0.443 e. The van der Waals surface area contributed by atoms with Gasteiger partial charge in [-0.15, -0.1) is 0 Å². The van der Waals surface area contributed by atoms with E-state index in [1.54, 1.807) is 0 Å². The van der Waals surface area contributed by atoms with Gasteiger partial charge in [-0.1, -0.05) is 36.4 Å². The van der Waals surface area contributed by atoms with Crippen molar-refractivity contribution in [2.45, 2.75) is 0 Å². The third-order valence-electron chi connectivity index (χ3n) is 3.63. The molecule has 0 spiro atoms. The van der Waals surface area contributed by atoms with Crippen LogP contribution in [0.1, 0.15) is 0 Å². The van der Waals surface area contributed by atoms with Crippen LogP contribution in [0.5, 0.6) is 5.75 Å². The standard InChI is InChI=1S/C16H16NO4P/c1-3-7-15-13(5-1)14-6-2-4-8-16(14)22(21-15)20-10-9-17-11-18-19-12-17/h1-8H,9-12H2. The number of hydrogen-bond acceptors (Lipinski definition) is 5. The highest BCUT2D eigenvalue weighted by atomic mass is 31.2. The Labute approximate surface area is 130 Å². The van der Waals surface area contributed by atoms with Crippen molar-refractivity contribution >= 4 is 13.7 Å². The summed E-state index contributed by atoms with van der Waals surface area (Å²) in [6.07, 6.45) is 0. The van der Waals surface area contributed by atoms with E-state index >= 15 is 0 Å². The topological polar surface area (TPSA) is 40.2 Å². The second-order valence-electron chi connectivity index (χ2n) is 5.08. The molecular weight excluding hydrogens is 301 g/mol. The number of hydrogen-bond donors (Lipinski definition) is 0. The Morgan fingerprint density at radius 1 is 0.955 bits per heavy atom. The van der Waals surface area contributed by atoms with E-state index in [4.69, 9.17) is 18.8 Å². The molecule has 2 aromatic carbocycles. The Balaban J connectivity index is 1.51. The van der Waals surface area contributed by atoms with Crippen LogP contribution in [0.2, 0.25) is 0 Å². The maximum atomic E-state index is 6.08. The molecular formula is C16H16NO4P. The van der Waals surface area contributed by atoms with Crippen LogP contribution in [0, 0.1) is 0 Å². The van der Waals surface area contributed by atoms with Gasteiger partial charge in [0, 0.05) is 12.1 Å². The molecule has 1 saturated heterocycles. The van der Waals surface area contributed by atoms with E-state index in [0.717, 1.165) is 23.2 Å². The molecule has 0 aliphatic carbocycles. The first-order valence-corrected chi connectivity index (χ1v) is 8.36. The molecule has 2 aromatic rings. The van der Waals surface area contributed by atoms with Crippen molar-refractivity contribution in [1.82, 2.24) is 4.90 Å². The highest BCUT2D eigenvalue weighted by molar-refractivity contribution is 7.56. The minimum Gasteiger partial charge on any atom is -0.443 e. The quantitative estimate of drug-likeness (QED) is 0.640. The molecule has 22 heavy (non-hydrogen) atoms. The Hall–Kier alpha value is -1.49. The summed E-state index contributed by atoms with van der Waals surface area (Å²) < 4.78 is 12.1. The summed E-state index contributed by atoms with van der Waals surface area (Å²) >= 11 is 0. The van der Waals surface area contributed by atoms with Gasteiger partial charge in [-0.2, -0.15) is 0 Å². The van der Waals surface area contributed by atoms with Gasteiger partial charge in [-0.05, 0) is 17.7 Å². The number of benzene rings is 2. The van der Waals surface area contributed by atoms with Crippen LogP contribution in [0.3, 0.4) is 0 Å². The first-order chi connectivity index (χ1) is 10.9. The molecule has 0 radical (unpaired) electrons. The minimum atomic E-state index is -1.10. The Bertz CT molecular complexity index is 660. The summed E-state index contributed by atoms with van der Waals surface area (Å²) in [5.74, 6) is 0.889. The molecule has 2 aliphatic heterocycles. The molecule has 0 N–H and O–H groups in total. The SMILES string of the molecule is c1ccc2c(c1)OP(OCCN1COOC1)c1ccccc1-2. The van der Waals surface area contributed by atoms with Gasteiger partial charge in [0.15, 0.2) is 0 Å². The molecule has 0 saturated carbocycles. The van der Waals surface area contributed by atoms with Crippen molar-refractivity contribution in [3.05, 3.63) is 48.5 Å². The molecule has 0 aromatic heterocycles. The van der Waals surface area contributed by atoms with E-state index in [2.05, 4.69) is 18.2 Å². The number of rotatable bonds is 4. The second kappa shape index (κ2) is 6.32. The van der Waals surface area contributed by atoms with Gasteiger partial charge in [-0.3, -0.25) is 0 Å². The van der Waals surface area contributed by atoms with Crippen LogP contribution < -0.4 is 9.83 Å². The summed E-state index contributed by atoms with van der Waals surface area (Å²) in [5.41, 5.74) is 2.32. The average Bonchev–Trinajstić information content (AvgIpc) is 3.08. The third kappa shape index (κ3) is 2.74. The van der Waals surface area contributed by atoms with Crippen molar-refractivity contribution in [1.29, 1.82) is 0 Å². The van der Waals surface area contributed by atoms with Crippen molar-refractivity contribution in [3.8, 4) is 16.9 Å². The first-order valence-electron chi connectivity index (χ1n) is 7.18. The fourth-order valence-corrected chi connectivity index (χ4v) is 3.98. The van der Waals surface area contributed by atoms with E-state index in [1.165, 1.54) is 5.56 Å². The molecule has 4 rings (SSSR count). The lowest BCUT2D eigenvalue weighted by molar-refractivity contribution is -0.248. The first kappa shape index (κ1) is 14.1. The van der Waals surface area contributed by atoms with E-state index in [1.807, 2.05) is 35.2 Å². The molecule has 5 nitrogen and oxygen atoms in total. The van der Waals surface area contributed by atoms with Crippen molar-refractivity contribution in [2.75, 3.05) is 26.6 Å². The monoisotopic (exact) mass is 317 g/mol. The molecule has 6 heteroatoms. The van der Waals surface area contributed by atoms with Gasteiger partial charge in [0.05, 0.1) is 11.9 Å². The lowest BCUT2D eigenvalue weighted by Gasteiger charge is -2.27. The highest BCUT2D eigenvalue weighted by Gasteiger charge is 2.27. The average molecular weight is 317 g/mol. The minimum absolute atomic E-state index is 0.488. The molecule has 1 fully saturated rings. The van der Waals surface area contributed by atoms with E-state index in [0.29, 0.717) is 20.1 Å². The van der Waals surface area contributed by atoms with Crippen molar-refractivity contribution in [3.63, 3.8) is 0 Å². The lowest BCUT2D eigenvalue weighted by atomic mass is 10.0. The number of para-hydroxylation sites is 1.